The molecule has 5 aromatic rings. The highest BCUT2D eigenvalue weighted by Crippen LogP contribution is 2.34. The van der Waals surface area contributed by atoms with E-state index in [1.165, 1.54) is 193 Å². The molecule has 24 heteroatoms. The van der Waals surface area contributed by atoms with Gasteiger partial charge in [0.05, 0.1) is 29.6 Å². The van der Waals surface area contributed by atoms with E-state index in [-0.39, 0.29) is 12.8 Å². The van der Waals surface area contributed by atoms with Crippen molar-refractivity contribution in [1.82, 2.24) is 97.7 Å². The fraction of sp³-hybridized carbons (Fsp3) is 0.880. The van der Waals surface area contributed by atoms with E-state index in [4.69, 9.17) is 0 Å². The van der Waals surface area contributed by atoms with Crippen LogP contribution in [0.3, 0.4) is 0 Å². The van der Waals surface area contributed by atoms with E-state index in [0.29, 0.717) is 78.8 Å². The standard InChI is InChI=1S/2C10H21N.C9H18FN.5C9H19N.C8H15F2N.C8H16FN.C8H13N.3C7H12N2.C6H11N3/c1-9(2)11-7-5-10(3,4)6-8-11;1-9(2)11-7-5-6-10(3,4)8-11;1-8(2)11-6-4-5-9(3,10)7-11;1-8(2)10-6-4-9(3)5-7-10;4*1-8(2)10-6-4-5-9(3)7-10;1-7(2)11-5-3-8(9,10)4-6-11;1-7(2)10-5-3-8(9)4-6-10;1-7(2)9-5-4-8(3)6-9;1-6(2)9-4-7(3)8-5-9;1-6(2)9-5-7(3)4-8-9;1-6(2)9-5-4-7(3)8-9;1-5(2)9-4-6(3)7-8-9/h2*9H,5-8H2,1-4H3;8H,4-7H2,1-3H3;5*8-9H,4-7H2,1-3H3;7H,3-6H2,1-2H3;7-8H,3-6H2,1-2H3;4-7H,1-3H3;3*4-6H,1-3H3;4-5H,1-3H3/t;;;;4*9-;;;;;;;/m....1100......./s1. The molecule has 10 fully saturated rings. The van der Waals surface area contributed by atoms with E-state index in [1.807, 2.05) is 99.0 Å². The first-order valence-corrected chi connectivity index (χ1v) is 60.4. The lowest BCUT2D eigenvalue weighted by Gasteiger charge is -2.40. The summed E-state index contributed by atoms with van der Waals surface area (Å²) < 4.78 is 61.3. The molecular weight excluding hydrogens is 1860 g/mol. The number of rotatable bonds is 15. The fourth-order valence-electron chi connectivity index (χ4n) is 19.9. The molecule has 0 amide bonds. The Morgan fingerprint density at radius 2 is 0.644 bits per heavy atom. The Bertz CT molecular complexity index is 3540. The van der Waals surface area contributed by atoms with Crippen LogP contribution >= 0.6 is 0 Å². The minimum atomic E-state index is -2.40. The Morgan fingerprint density at radius 3 is 0.879 bits per heavy atom. The second-order valence-electron chi connectivity index (χ2n) is 52.5. The Balaban J connectivity index is 0.000000799. The molecule has 0 N–H and O–H groups in total. The average molecular weight is 2110 g/mol. The van der Waals surface area contributed by atoms with Crippen molar-refractivity contribution < 1.29 is 17.6 Å². The number of hydrogen-bond donors (Lipinski definition) is 0. The summed E-state index contributed by atoms with van der Waals surface area (Å²) >= 11 is 0. The predicted molar refractivity (Wildman–Crippen MR) is 639 cm³/mol. The predicted octanol–water partition coefficient (Wildman–Crippen LogP) is 30.7. The molecule has 15 heterocycles. The lowest BCUT2D eigenvalue weighted by molar-refractivity contribution is -0.0603. The van der Waals surface area contributed by atoms with Crippen molar-refractivity contribution in [3.63, 3.8) is 0 Å². The molecule has 10 aliphatic heterocycles. The molecular formula is C125H246F4N20. The Kier molecular flexibility index (Phi) is 71.3. The zero-order chi connectivity index (χ0) is 114. The van der Waals surface area contributed by atoms with Crippen molar-refractivity contribution in [2.24, 2.45) is 40.4 Å². The van der Waals surface area contributed by atoms with Gasteiger partial charge in [0, 0.05) is 206 Å². The first-order valence-electron chi connectivity index (χ1n) is 60.4. The average Bonchev–Trinajstić information content (AvgIpc) is 1.75. The maximum atomic E-state index is 13.4. The lowest BCUT2D eigenvalue weighted by atomic mass is 9.82. The maximum Gasteiger partial charge on any atom is 0.250 e. The summed E-state index contributed by atoms with van der Waals surface area (Å²) in [6, 6.07) is 13.4. The summed E-state index contributed by atoms with van der Waals surface area (Å²) in [5.41, 5.74) is 5.93. The summed E-state index contributed by atoms with van der Waals surface area (Å²) in [6.45, 7) is 122. The molecule has 5 aromatic heterocycles. The summed E-state index contributed by atoms with van der Waals surface area (Å²) in [6.07, 6.45) is 38.4. The molecule has 149 heavy (non-hydrogen) atoms. The van der Waals surface area contributed by atoms with E-state index in [1.54, 1.807) is 6.92 Å². The van der Waals surface area contributed by atoms with Crippen LogP contribution in [0.15, 0.2) is 61.8 Å². The molecule has 0 aromatic carbocycles. The molecule has 0 radical (unpaired) electrons. The molecule has 0 aliphatic carbocycles. The van der Waals surface area contributed by atoms with Gasteiger partial charge in [0.15, 0.2) is 0 Å². The van der Waals surface area contributed by atoms with Gasteiger partial charge in [0.2, 0.25) is 0 Å². The van der Waals surface area contributed by atoms with Gasteiger partial charge in [-0.1, -0.05) is 67.5 Å². The summed E-state index contributed by atoms with van der Waals surface area (Å²) in [4.78, 5) is 28.8. The Hall–Kier alpha value is -4.63. The van der Waals surface area contributed by atoms with Gasteiger partial charge in [-0.05, 0) is 494 Å². The number of halogens is 4. The zero-order valence-electron chi connectivity index (χ0n) is 106. The highest BCUT2D eigenvalue weighted by atomic mass is 19.3. The molecule has 0 spiro atoms. The van der Waals surface area contributed by atoms with Gasteiger partial charge in [-0.25, -0.2) is 27.2 Å². The van der Waals surface area contributed by atoms with Gasteiger partial charge in [0.25, 0.3) is 5.92 Å². The van der Waals surface area contributed by atoms with Crippen LogP contribution in [0, 0.1) is 75.0 Å². The van der Waals surface area contributed by atoms with E-state index in [2.05, 4.69) is 365 Å². The molecule has 874 valence electrons. The van der Waals surface area contributed by atoms with Crippen LogP contribution < -0.4 is 0 Å². The highest BCUT2D eigenvalue weighted by molar-refractivity contribution is 5.08. The normalized spacial score (nSPS) is 22.6. The van der Waals surface area contributed by atoms with Crippen LogP contribution in [0.4, 0.5) is 17.6 Å². The number of piperidine rings is 10. The Morgan fingerprint density at radius 1 is 0.289 bits per heavy atom. The van der Waals surface area contributed by atoms with Crippen LogP contribution in [-0.2, 0) is 0 Å². The smallest absolute Gasteiger partial charge is 0.250 e. The number of nitrogens with zero attached hydrogens (tertiary/aromatic N) is 20. The Labute approximate surface area is 919 Å². The van der Waals surface area contributed by atoms with Gasteiger partial charge >= 0.3 is 0 Å². The van der Waals surface area contributed by atoms with Crippen LogP contribution in [-0.4, -0.2) is 307 Å². The van der Waals surface area contributed by atoms with Crippen molar-refractivity contribution in [2.75, 3.05) is 131 Å². The molecule has 10 saturated heterocycles. The van der Waals surface area contributed by atoms with E-state index in [0.717, 1.165) is 134 Å². The third kappa shape index (κ3) is 66.0. The molecule has 0 bridgehead atoms. The van der Waals surface area contributed by atoms with E-state index >= 15 is 0 Å². The van der Waals surface area contributed by atoms with Crippen LogP contribution in [0.25, 0.3) is 0 Å². The van der Waals surface area contributed by atoms with Gasteiger partial charge in [-0.3, -0.25) is 14.3 Å². The summed E-state index contributed by atoms with van der Waals surface area (Å²) in [7, 11) is 0. The van der Waals surface area contributed by atoms with Gasteiger partial charge < -0.3 is 53.2 Å². The number of alkyl halides is 4. The SMILES string of the molecule is CC(C)N1CCC(C)(C)CC1.CC(C)N1CCC(F)(F)CC1.CC(C)N1CCC(F)CC1.CC(C)N1CCCC(C)(C)C1.CC(C)N1CCCC(C)(F)C1.CC(C)N1CCC[C@@H](C)C1.CC(C)N1CCC[C@@H](C)C1.CC(C)N1CCC[C@H](C)C1.CC(C)N1CCC[C@H](C)C1.CC1CCN(C(C)C)CC1.Cc1ccn(C(C)C)c1.Cc1ccn(C(C)C)n1.Cc1cn(C(C)C)cn1.Cc1cn(C(C)C)nn1.Cc1cnn(C(C)C)c1. The third-order valence-corrected chi connectivity index (χ3v) is 31.1. The molecule has 20 nitrogen and oxygen atoms in total. The topological polar surface area (TPSA) is 122 Å². The second-order valence-corrected chi connectivity index (χ2v) is 52.5. The minimum Gasteiger partial charge on any atom is -0.352 e. The van der Waals surface area contributed by atoms with Crippen molar-refractivity contribution in [1.29, 1.82) is 0 Å². The summed E-state index contributed by atoms with van der Waals surface area (Å²) in [5, 5.41) is 16.1. The van der Waals surface area contributed by atoms with Gasteiger partial charge in [-0.15, -0.1) is 5.10 Å². The lowest BCUT2D eigenvalue weighted by Crippen LogP contribution is -2.46. The van der Waals surface area contributed by atoms with Crippen molar-refractivity contribution in [3.05, 3.63) is 90.0 Å². The maximum absolute atomic E-state index is 13.4. The van der Waals surface area contributed by atoms with Gasteiger partial charge in [0.1, 0.15) is 11.8 Å². The molecule has 10 aliphatic rings. The van der Waals surface area contributed by atoms with E-state index < -0.39 is 17.8 Å². The van der Waals surface area contributed by atoms with Crippen LogP contribution in [0.5, 0.6) is 0 Å². The number of hydrogen-bond acceptors (Lipinski definition) is 15. The number of aromatic nitrogens is 10. The molecule has 1 unspecified atom stereocenters. The molecule has 15 rings (SSSR count). The number of imidazole rings is 1. The monoisotopic (exact) mass is 2100 g/mol. The van der Waals surface area contributed by atoms with Crippen molar-refractivity contribution >= 4 is 0 Å². The van der Waals surface area contributed by atoms with Crippen molar-refractivity contribution in [2.45, 2.75) is 548 Å². The fourth-order valence-corrected chi connectivity index (χ4v) is 19.9. The first-order chi connectivity index (χ1) is 69.2. The van der Waals surface area contributed by atoms with Gasteiger partial charge in [-0.2, -0.15) is 10.2 Å². The molecule has 0 saturated carbocycles. The first kappa shape index (κ1) is 142. The third-order valence-electron chi connectivity index (χ3n) is 31.1. The second kappa shape index (κ2) is 74.6. The highest BCUT2D eigenvalue weighted by Gasteiger charge is 2.36. The van der Waals surface area contributed by atoms with Crippen LogP contribution in [0.1, 0.15) is 464 Å². The molecule has 5 atom stereocenters. The quantitative estimate of drug-likeness (QED) is 0.0924. The largest absolute Gasteiger partial charge is 0.352 e. The number of aryl methyl sites for hydroxylation is 5. The van der Waals surface area contributed by atoms with Crippen molar-refractivity contribution in [3.8, 4) is 0 Å². The van der Waals surface area contributed by atoms with E-state index in [9.17, 15) is 17.6 Å². The van der Waals surface area contributed by atoms with Crippen LogP contribution in [0.2, 0.25) is 0 Å². The zero-order valence-corrected chi connectivity index (χ0v) is 106. The summed E-state index contributed by atoms with van der Waals surface area (Å²) in [5.74, 6) is 2.28. The minimum absolute atomic E-state index is 0.0329. The number of likely N-dealkylation sites (tertiary alicyclic amines) is 10.